The van der Waals surface area contributed by atoms with Crippen molar-refractivity contribution in [1.82, 2.24) is 9.78 Å². The molecule has 0 fully saturated rings. The van der Waals surface area contributed by atoms with Crippen LogP contribution in [0.4, 0.5) is 5.82 Å². The van der Waals surface area contributed by atoms with E-state index in [-0.39, 0.29) is 5.91 Å². The Labute approximate surface area is 152 Å². The lowest BCUT2D eigenvalue weighted by atomic mass is 10.0. The van der Waals surface area contributed by atoms with Crippen molar-refractivity contribution in [3.63, 3.8) is 0 Å². The minimum absolute atomic E-state index is 0.1000. The fraction of sp³-hybridized carbons (Fsp3) is 0.368. The number of benzene rings is 1. The predicted molar refractivity (Wildman–Crippen MR) is 98.4 cm³/mol. The zero-order valence-electron chi connectivity index (χ0n) is 14.9. The molecule has 7 nitrogen and oxygen atoms in total. The van der Waals surface area contributed by atoms with Crippen LogP contribution in [0, 0.1) is 19.3 Å². The van der Waals surface area contributed by atoms with Crippen LogP contribution in [0.3, 0.4) is 0 Å². The lowest BCUT2D eigenvalue weighted by molar-refractivity contribution is -0.116. The van der Waals surface area contributed by atoms with E-state index in [4.69, 9.17) is 11.2 Å². The van der Waals surface area contributed by atoms with Crippen LogP contribution in [0.15, 0.2) is 40.6 Å². The summed E-state index contributed by atoms with van der Waals surface area (Å²) in [5.74, 6) is 3.87. The number of hydrogen-bond acceptors (Lipinski definition) is 5. The maximum Gasteiger partial charge on any atom is 0.225 e. The molecule has 0 aliphatic carbocycles. The van der Waals surface area contributed by atoms with Crippen molar-refractivity contribution in [2.24, 2.45) is 10.2 Å². The van der Waals surface area contributed by atoms with E-state index < -0.39 is 5.66 Å². The lowest BCUT2D eigenvalue weighted by Gasteiger charge is -2.11. The number of nitrogens with one attached hydrogen (secondary N) is 1. The van der Waals surface area contributed by atoms with E-state index >= 15 is 0 Å². The summed E-state index contributed by atoms with van der Waals surface area (Å²) in [6, 6.07) is 9.31. The molecule has 1 aliphatic rings. The van der Waals surface area contributed by atoms with Crippen molar-refractivity contribution in [2.75, 3.05) is 12.4 Å². The van der Waals surface area contributed by atoms with Crippen LogP contribution in [0.2, 0.25) is 0 Å². The fourth-order valence-electron chi connectivity index (χ4n) is 2.70. The number of anilines is 1. The smallest absolute Gasteiger partial charge is 0.225 e. The number of rotatable bonds is 8. The van der Waals surface area contributed by atoms with Crippen molar-refractivity contribution < 1.29 is 9.53 Å². The van der Waals surface area contributed by atoms with Crippen molar-refractivity contribution in [2.45, 2.75) is 38.3 Å². The highest BCUT2D eigenvalue weighted by molar-refractivity contribution is 5.90. The molecule has 0 radical (unpaired) electrons. The zero-order chi connectivity index (χ0) is 18.6. The monoisotopic (exact) mass is 351 g/mol. The molecule has 2 aromatic rings. The van der Waals surface area contributed by atoms with Gasteiger partial charge in [-0.05, 0) is 31.2 Å². The summed E-state index contributed by atoms with van der Waals surface area (Å²) in [6.45, 7) is 1.88. The number of carbonyl (C=O) groups is 1. The molecule has 0 spiro atoms. The first-order chi connectivity index (χ1) is 12.5. The Morgan fingerprint density at radius 3 is 2.65 bits per heavy atom. The van der Waals surface area contributed by atoms with Crippen LogP contribution in [0.5, 0.6) is 5.75 Å². The van der Waals surface area contributed by atoms with E-state index in [1.54, 1.807) is 11.8 Å². The summed E-state index contributed by atoms with van der Waals surface area (Å²) in [5, 5.41) is 15.5. The van der Waals surface area contributed by atoms with Crippen LogP contribution in [-0.2, 0) is 4.79 Å². The normalized spacial score (nSPS) is 13.9. The standard InChI is InChI=1S/C19H21N5O2/c1-4-5-11-19(22-23-19)12-10-18(25)20-17-13-14(2)21-24(17)15-6-8-16(26-3)9-7-15/h1,6-9,13H,5,10-12H2,2-3H3,(H,20,25). The van der Waals surface area contributed by atoms with Crippen LogP contribution >= 0.6 is 0 Å². The number of carbonyl (C=O) groups excluding carboxylic acids is 1. The molecule has 134 valence electrons. The van der Waals surface area contributed by atoms with Gasteiger partial charge in [-0.1, -0.05) is 0 Å². The van der Waals surface area contributed by atoms with Crippen molar-refractivity contribution in [1.29, 1.82) is 0 Å². The maximum atomic E-state index is 12.4. The molecule has 0 unspecified atom stereocenters. The molecule has 1 N–H and O–H groups in total. The van der Waals surface area contributed by atoms with Gasteiger partial charge in [0.05, 0.1) is 18.5 Å². The van der Waals surface area contributed by atoms with Crippen molar-refractivity contribution >= 4 is 11.7 Å². The van der Waals surface area contributed by atoms with E-state index in [0.717, 1.165) is 17.1 Å². The Bertz CT molecular complexity index is 855. The third-order valence-electron chi connectivity index (χ3n) is 4.22. The molecule has 0 saturated heterocycles. The van der Waals surface area contributed by atoms with Gasteiger partial charge in [0.25, 0.3) is 0 Å². The molecule has 1 aromatic heterocycles. The molecule has 0 atom stereocenters. The van der Waals surface area contributed by atoms with E-state index in [1.165, 1.54) is 0 Å². The number of amides is 1. The molecule has 3 rings (SSSR count). The number of hydrogen-bond donors (Lipinski definition) is 1. The van der Waals surface area contributed by atoms with Crippen LogP contribution in [0.1, 0.15) is 31.4 Å². The van der Waals surface area contributed by atoms with Gasteiger partial charge in [0.2, 0.25) is 5.91 Å². The average molecular weight is 351 g/mol. The summed E-state index contributed by atoms with van der Waals surface area (Å²) in [6.07, 6.45) is 7.48. The van der Waals surface area contributed by atoms with E-state index in [0.29, 0.717) is 31.5 Å². The van der Waals surface area contributed by atoms with E-state index in [1.807, 2.05) is 37.3 Å². The van der Waals surface area contributed by atoms with Crippen LogP contribution in [0.25, 0.3) is 5.69 Å². The van der Waals surface area contributed by atoms with Gasteiger partial charge in [-0.2, -0.15) is 15.3 Å². The van der Waals surface area contributed by atoms with Gasteiger partial charge in [0.1, 0.15) is 11.6 Å². The van der Waals surface area contributed by atoms with Gasteiger partial charge in [-0.3, -0.25) is 4.79 Å². The third kappa shape index (κ3) is 4.09. The number of ether oxygens (including phenoxy) is 1. The largest absolute Gasteiger partial charge is 0.497 e. The van der Waals surface area contributed by atoms with Gasteiger partial charge in [-0.15, -0.1) is 12.3 Å². The van der Waals surface area contributed by atoms with E-state index in [9.17, 15) is 4.79 Å². The second-order valence-electron chi connectivity index (χ2n) is 6.22. The summed E-state index contributed by atoms with van der Waals surface area (Å²) in [5.41, 5.74) is 1.20. The number of nitrogens with zero attached hydrogens (tertiary/aromatic N) is 4. The number of aryl methyl sites for hydroxylation is 1. The molecule has 0 saturated carbocycles. The number of aromatic nitrogens is 2. The summed E-state index contributed by atoms with van der Waals surface area (Å²) in [7, 11) is 1.62. The van der Waals surface area contributed by atoms with E-state index in [2.05, 4.69) is 26.6 Å². The average Bonchev–Trinajstić information content (AvgIpc) is 3.34. The molecule has 1 aromatic carbocycles. The molecular formula is C19H21N5O2. The highest BCUT2D eigenvalue weighted by Gasteiger charge is 2.39. The molecule has 1 aliphatic heterocycles. The Morgan fingerprint density at radius 1 is 1.31 bits per heavy atom. The second kappa shape index (κ2) is 7.40. The molecule has 1 amide bonds. The van der Waals surface area contributed by atoms with Crippen molar-refractivity contribution in [3.8, 4) is 23.8 Å². The van der Waals surface area contributed by atoms with Gasteiger partial charge in [0, 0.05) is 31.7 Å². The first-order valence-corrected chi connectivity index (χ1v) is 8.44. The quantitative estimate of drug-likeness (QED) is 0.739. The predicted octanol–water partition coefficient (Wildman–Crippen LogP) is 3.48. The van der Waals surface area contributed by atoms with Gasteiger partial charge >= 0.3 is 0 Å². The van der Waals surface area contributed by atoms with Crippen molar-refractivity contribution in [3.05, 3.63) is 36.0 Å². The van der Waals surface area contributed by atoms with Crippen LogP contribution in [-0.4, -0.2) is 28.5 Å². The maximum absolute atomic E-state index is 12.4. The summed E-state index contributed by atoms with van der Waals surface area (Å²) in [4.78, 5) is 12.4. The highest BCUT2D eigenvalue weighted by atomic mass is 16.5. The Kier molecular flexibility index (Phi) is 5.03. The molecule has 2 heterocycles. The zero-order valence-corrected chi connectivity index (χ0v) is 14.9. The first-order valence-electron chi connectivity index (χ1n) is 8.44. The van der Waals surface area contributed by atoms with Gasteiger partial charge in [-0.25, -0.2) is 4.68 Å². The topological polar surface area (TPSA) is 80.9 Å². The number of methoxy groups -OCH3 is 1. The van der Waals surface area contributed by atoms with Crippen LogP contribution < -0.4 is 10.1 Å². The molecule has 7 heteroatoms. The minimum Gasteiger partial charge on any atom is -0.497 e. The highest BCUT2D eigenvalue weighted by Crippen LogP contribution is 2.37. The fourth-order valence-corrected chi connectivity index (χ4v) is 2.70. The minimum atomic E-state index is -0.449. The first kappa shape index (κ1) is 17.7. The van der Waals surface area contributed by atoms with Gasteiger partial charge in [0.15, 0.2) is 5.66 Å². The summed E-state index contributed by atoms with van der Waals surface area (Å²) < 4.78 is 6.87. The summed E-state index contributed by atoms with van der Waals surface area (Å²) >= 11 is 0. The molecule has 26 heavy (non-hydrogen) atoms. The lowest BCUT2D eigenvalue weighted by Crippen LogP contribution is -2.19. The third-order valence-corrected chi connectivity index (χ3v) is 4.22. The Morgan fingerprint density at radius 2 is 2.04 bits per heavy atom. The SMILES string of the molecule is C#CCCC1(CCC(=O)Nc2cc(C)nn2-c2ccc(OC)cc2)N=N1. The second-order valence-corrected chi connectivity index (χ2v) is 6.22. The number of terminal acetylenes is 1. The Balaban J connectivity index is 1.64. The van der Waals surface area contributed by atoms with Gasteiger partial charge < -0.3 is 10.1 Å². The molecular weight excluding hydrogens is 330 g/mol. The molecule has 0 bridgehead atoms. The Hall–Kier alpha value is -3.14.